The molecule has 1 aromatic carbocycles. The first kappa shape index (κ1) is 12.1. The van der Waals surface area contributed by atoms with Gasteiger partial charge in [-0.05, 0) is 10.9 Å². The van der Waals surface area contributed by atoms with Crippen LogP contribution in [-0.2, 0) is 12.8 Å². The van der Waals surface area contributed by atoms with Gasteiger partial charge in [0.2, 0.25) is 0 Å². The van der Waals surface area contributed by atoms with Gasteiger partial charge in [-0.2, -0.15) is 13.2 Å². The second-order valence-electron chi connectivity index (χ2n) is 3.47. The molecule has 1 heterocycles. The molecule has 5 heteroatoms. The number of alkyl halides is 3. The van der Waals surface area contributed by atoms with Gasteiger partial charge in [0, 0.05) is 10.4 Å². The molecule has 17 heavy (non-hydrogen) atoms. The predicted molar refractivity (Wildman–Crippen MR) is 60.7 cm³/mol. The number of benzene rings is 1. The van der Waals surface area contributed by atoms with Gasteiger partial charge in [0.25, 0.3) is 0 Å². The van der Waals surface area contributed by atoms with E-state index < -0.39 is 18.3 Å². The molecule has 1 N–H and O–H groups in total. The van der Waals surface area contributed by atoms with E-state index in [4.69, 9.17) is 5.11 Å². The van der Waals surface area contributed by atoms with Crippen molar-refractivity contribution in [1.29, 1.82) is 0 Å². The average molecular weight is 258 g/mol. The number of aliphatic hydroxyl groups is 1. The molecular formula is C12H9F3OS. The first-order chi connectivity index (χ1) is 8.04. The normalized spacial score (nSPS) is 11.8. The fourth-order valence-electron chi connectivity index (χ4n) is 1.66. The van der Waals surface area contributed by atoms with Gasteiger partial charge in [-0.15, -0.1) is 11.3 Å². The molecule has 2 rings (SSSR count). The van der Waals surface area contributed by atoms with Crippen LogP contribution < -0.4 is 0 Å². The van der Waals surface area contributed by atoms with E-state index in [1.54, 1.807) is 30.3 Å². The van der Waals surface area contributed by atoms with Crippen molar-refractivity contribution in [3.8, 4) is 11.1 Å². The number of hydrogen-bond acceptors (Lipinski definition) is 2. The van der Waals surface area contributed by atoms with E-state index in [-0.39, 0.29) is 10.4 Å². The minimum atomic E-state index is -4.44. The maximum absolute atomic E-state index is 12.9. The number of thiophene rings is 1. The molecule has 0 atom stereocenters. The lowest BCUT2D eigenvalue weighted by Gasteiger charge is -2.10. The number of hydrogen-bond donors (Lipinski definition) is 1. The number of rotatable bonds is 2. The highest BCUT2D eigenvalue weighted by molar-refractivity contribution is 7.10. The van der Waals surface area contributed by atoms with Gasteiger partial charge in [0.1, 0.15) is 0 Å². The maximum atomic E-state index is 12.9. The molecule has 0 unspecified atom stereocenters. The molecule has 0 radical (unpaired) electrons. The van der Waals surface area contributed by atoms with Crippen molar-refractivity contribution >= 4 is 11.3 Å². The lowest BCUT2D eigenvalue weighted by Crippen LogP contribution is -2.08. The van der Waals surface area contributed by atoms with Crippen LogP contribution >= 0.6 is 11.3 Å². The summed E-state index contributed by atoms with van der Waals surface area (Å²) in [5.74, 6) is 0. The van der Waals surface area contributed by atoms with Gasteiger partial charge in [-0.3, -0.25) is 0 Å². The second kappa shape index (κ2) is 4.50. The Labute approximate surface area is 100 Å². The number of halogens is 3. The smallest absolute Gasteiger partial charge is 0.391 e. The fraction of sp³-hybridized carbons (Fsp3) is 0.167. The highest BCUT2D eigenvalue weighted by atomic mass is 32.1. The largest absolute Gasteiger partial charge is 0.418 e. The minimum absolute atomic E-state index is 0.0450. The Bertz CT molecular complexity index is 502. The molecule has 0 bridgehead atoms. The monoisotopic (exact) mass is 258 g/mol. The van der Waals surface area contributed by atoms with Crippen LogP contribution in [0, 0.1) is 0 Å². The molecule has 0 spiro atoms. The van der Waals surface area contributed by atoms with Crippen LogP contribution in [0.15, 0.2) is 35.7 Å². The lowest BCUT2D eigenvalue weighted by molar-refractivity contribution is -0.137. The summed E-state index contributed by atoms with van der Waals surface area (Å²) in [6.45, 7) is -0.591. The molecule has 0 amide bonds. The average Bonchev–Trinajstić information content (AvgIpc) is 2.73. The molecule has 0 aliphatic heterocycles. The van der Waals surface area contributed by atoms with Crippen LogP contribution in [0.25, 0.3) is 11.1 Å². The van der Waals surface area contributed by atoms with Crippen molar-refractivity contribution in [2.45, 2.75) is 12.8 Å². The summed E-state index contributed by atoms with van der Waals surface area (Å²) in [6, 6.07) is 8.37. The Hall–Kier alpha value is -1.33. The first-order valence-electron chi connectivity index (χ1n) is 4.88. The summed E-state index contributed by atoms with van der Waals surface area (Å²) < 4.78 is 38.7. The molecule has 0 aliphatic carbocycles. The van der Waals surface area contributed by atoms with E-state index in [2.05, 4.69) is 0 Å². The van der Waals surface area contributed by atoms with E-state index in [1.807, 2.05) is 0 Å². The van der Waals surface area contributed by atoms with Gasteiger partial charge in [-0.1, -0.05) is 30.3 Å². The summed E-state index contributed by atoms with van der Waals surface area (Å²) in [4.78, 5) is -0.0450. The lowest BCUT2D eigenvalue weighted by atomic mass is 10.0. The second-order valence-corrected chi connectivity index (χ2v) is 4.43. The maximum Gasteiger partial charge on any atom is 0.418 e. The summed E-state index contributed by atoms with van der Waals surface area (Å²) in [5, 5.41) is 10.4. The molecule has 0 saturated carbocycles. The van der Waals surface area contributed by atoms with Crippen LogP contribution in [0.2, 0.25) is 0 Å². The van der Waals surface area contributed by atoms with E-state index in [9.17, 15) is 13.2 Å². The molecule has 0 saturated heterocycles. The molecule has 2 aromatic rings. The van der Waals surface area contributed by atoms with Crippen molar-refractivity contribution in [2.24, 2.45) is 0 Å². The van der Waals surface area contributed by atoms with Crippen LogP contribution in [0.1, 0.15) is 10.4 Å². The fourth-order valence-corrected chi connectivity index (χ4v) is 2.59. The first-order valence-corrected chi connectivity index (χ1v) is 5.76. The minimum Gasteiger partial charge on any atom is -0.391 e. The van der Waals surface area contributed by atoms with Crippen molar-refractivity contribution in [1.82, 2.24) is 0 Å². The SMILES string of the molecule is OCc1scc(-c2ccccc2)c1C(F)(F)F. The van der Waals surface area contributed by atoms with E-state index >= 15 is 0 Å². The van der Waals surface area contributed by atoms with Crippen LogP contribution in [0.4, 0.5) is 13.2 Å². The van der Waals surface area contributed by atoms with Crippen molar-refractivity contribution in [3.63, 3.8) is 0 Å². The van der Waals surface area contributed by atoms with E-state index in [0.29, 0.717) is 5.56 Å². The highest BCUT2D eigenvalue weighted by Crippen LogP contribution is 2.42. The Morgan fingerprint density at radius 2 is 1.76 bits per heavy atom. The summed E-state index contributed by atoms with van der Waals surface area (Å²) in [5.41, 5.74) is -0.0841. The third kappa shape index (κ3) is 2.35. The van der Waals surface area contributed by atoms with E-state index in [1.165, 1.54) is 5.38 Å². The molecule has 90 valence electrons. The molecule has 1 aromatic heterocycles. The van der Waals surface area contributed by atoms with Gasteiger partial charge >= 0.3 is 6.18 Å². The third-order valence-electron chi connectivity index (χ3n) is 2.38. The molecule has 0 aliphatic rings. The Balaban J connectivity index is 2.60. The van der Waals surface area contributed by atoms with Gasteiger partial charge < -0.3 is 5.11 Å². The summed E-state index contributed by atoms with van der Waals surface area (Å²) in [7, 11) is 0. The zero-order valence-corrected chi connectivity index (χ0v) is 9.48. The van der Waals surface area contributed by atoms with Crippen molar-refractivity contribution in [3.05, 3.63) is 46.2 Å². The van der Waals surface area contributed by atoms with Gasteiger partial charge in [0.15, 0.2) is 0 Å². The van der Waals surface area contributed by atoms with Crippen molar-refractivity contribution < 1.29 is 18.3 Å². The highest BCUT2D eigenvalue weighted by Gasteiger charge is 2.37. The van der Waals surface area contributed by atoms with Crippen LogP contribution in [0.5, 0.6) is 0 Å². The molecule has 0 fully saturated rings. The van der Waals surface area contributed by atoms with Gasteiger partial charge in [0.05, 0.1) is 12.2 Å². The topological polar surface area (TPSA) is 20.2 Å². The van der Waals surface area contributed by atoms with E-state index in [0.717, 1.165) is 11.3 Å². The molecular weight excluding hydrogens is 249 g/mol. The summed E-state index contributed by atoms with van der Waals surface area (Å²) >= 11 is 0.928. The Kier molecular flexibility index (Phi) is 3.22. The zero-order valence-electron chi connectivity index (χ0n) is 8.66. The van der Waals surface area contributed by atoms with Crippen LogP contribution in [0.3, 0.4) is 0 Å². The standard InChI is InChI=1S/C12H9F3OS/c13-12(14,15)11-9(7-17-10(11)6-16)8-4-2-1-3-5-8/h1-5,7,16H,6H2. The summed E-state index contributed by atoms with van der Waals surface area (Å²) in [6.07, 6.45) is -4.44. The zero-order chi connectivity index (χ0) is 12.5. The third-order valence-corrected chi connectivity index (χ3v) is 3.35. The van der Waals surface area contributed by atoms with Crippen LogP contribution in [-0.4, -0.2) is 5.11 Å². The molecule has 1 nitrogen and oxygen atoms in total. The Morgan fingerprint density at radius 1 is 1.12 bits per heavy atom. The predicted octanol–water partition coefficient (Wildman–Crippen LogP) is 3.93. The Morgan fingerprint density at radius 3 is 2.29 bits per heavy atom. The quantitative estimate of drug-likeness (QED) is 0.865. The number of aliphatic hydroxyl groups excluding tert-OH is 1. The van der Waals surface area contributed by atoms with Crippen molar-refractivity contribution in [2.75, 3.05) is 0 Å². The van der Waals surface area contributed by atoms with Gasteiger partial charge in [-0.25, -0.2) is 0 Å².